The molecule has 0 radical (unpaired) electrons. The van der Waals surface area contributed by atoms with Gasteiger partial charge in [-0.05, 0) is 60.6 Å². The quantitative estimate of drug-likeness (QED) is 0.555. The lowest BCUT2D eigenvalue weighted by molar-refractivity contribution is -0.174. The monoisotopic (exact) mass is 387 g/mol. The Morgan fingerprint density at radius 1 is 0.964 bits per heavy atom. The van der Waals surface area contributed by atoms with E-state index in [4.69, 9.17) is 13.9 Å². The molecular weight excluding hydrogens is 358 g/mol. The molecule has 28 heavy (non-hydrogen) atoms. The highest BCUT2D eigenvalue weighted by Crippen LogP contribution is 2.25. The van der Waals surface area contributed by atoms with Crippen molar-refractivity contribution in [2.75, 3.05) is 0 Å². The normalized spacial score (nSPS) is 12.1. The van der Waals surface area contributed by atoms with Crippen molar-refractivity contribution in [1.29, 1.82) is 0 Å². The predicted molar refractivity (Wildman–Crippen MR) is 106 cm³/mol. The molecule has 1 aromatic carbocycles. The largest absolute Gasteiger partial charge is 0.459 e. The maximum Gasteiger partial charge on any atom is 0.321 e. The fraction of sp³-hybridized carbons (Fsp3) is 0.500. The third-order valence-electron chi connectivity index (χ3n) is 3.69. The van der Waals surface area contributed by atoms with Gasteiger partial charge in [-0.2, -0.15) is 0 Å². The number of aryl methyl sites for hydroxylation is 1. The van der Waals surface area contributed by atoms with Crippen molar-refractivity contribution in [2.24, 2.45) is 5.92 Å². The first-order valence-electron chi connectivity index (χ1n) is 9.33. The predicted octanol–water partition coefficient (Wildman–Crippen LogP) is 4.49. The highest BCUT2D eigenvalue weighted by Gasteiger charge is 2.36. The van der Waals surface area contributed by atoms with E-state index in [9.17, 15) is 9.59 Å². The molecule has 1 heterocycles. The number of carbonyl (C=O) groups is 2. The molecule has 0 N–H and O–H groups in total. The van der Waals surface area contributed by atoms with Gasteiger partial charge in [0.2, 0.25) is 5.89 Å². The Kier molecular flexibility index (Phi) is 6.32. The van der Waals surface area contributed by atoms with Crippen LogP contribution in [0.15, 0.2) is 34.7 Å². The van der Waals surface area contributed by atoms with Gasteiger partial charge in [0.25, 0.3) is 0 Å². The summed E-state index contributed by atoms with van der Waals surface area (Å²) in [7, 11) is 0. The average Bonchev–Trinajstić information content (AvgIpc) is 2.91. The van der Waals surface area contributed by atoms with Crippen LogP contribution in [0.3, 0.4) is 0 Å². The molecule has 6 heteroatoms. The van der Waals surface area contributed by atoms with Crippen LogP contribution in [0.25, 0.3) is 11.5 Å². The van der Waals surface area contributed by atoms with Crippen LogP contribution in [-0.4, -0.2) is 28.1 Å². The molecule has 0 spiro atoms. The second-order valence-electron chi connectivity index (χ2n) is 8.71. The molecule has 0 fully saturated rings. The van der Waals surface area contributed by atoms with Gasteiger partial charge in [-0.1, -0.05) is 18.2 Å². The van der Waals surface area contributed by atoms with Crippen LogP contribution in [0.1, 0.15) is 53.0 Å². The van der Waals surface area contributed by atoms with E-state index in [2.05, 4.69) is 4.98 Å². The molecule has 152 valence electrons. The number of nitrogens with zero attached hydrogens (tertiary/aromatic N) is 1. The maximum atomic E-state index is 12.7. The van der Waals surface area contributed by atoms with E-state index in [1.165, 1.54) is 0 Å². The van der Waals surface area contributed by atoms with Crippen molar-refractivity contribution >= 4 is 11.9 Å². The van der Waals surface area contributed by atoms with Gasteiger partial charge in [0.05, 0.1) is 5.69 Å². The molecule has 0 atom stereocenters. The minimum Gasteiger partial charge on any atom is -0.459 e. The van der Waals surface area contributed by atoms with Crippen LogP contribution >= 0.6 is 0 Å². The lowest BCUT2D eigenvalue weighted by Gasteiger charge is -2.26. The molecule has 2 rings (SSSR count). The second kappa shape index (κ2) is 8.17. The molecule has 0 amide bonds. The molecule has 0 saturated carbocycles. The van der Waals surface area contributed by atoms with Crippen LogP contribution < -0.4 is 0 Å². The van der Waals surface area contributed by atoms with E-state index >= 15 is 0 Å². The Labute approximate surface area is 166 Å². The number of carbonyl (C=O) groups excluding carboxylic acids is 2. The van der Waals surface area contributed by atoms with E-state index in [-0.39, 0.29) is 6.42 Å². The second-order valence-corrected chi connectivity index (χ2v) is 8.71. The van der Waals surface area contributed by atoms with E-state index in [0.29, 0.717) is 17.3 Å². The zero-order valence-corrected chi connectivity index (χ0v) is 17.7. The molecule has 0 bridgehead atoms. The summed E-state index contributed by atoms with van der Waals surface area (Å²) in [6, 6.07) is 9.45. The zero-order valence-electron chi connectivity index (χ0n) is 17.7. The fourth-order valence-electron chi connectivity index (χ4n) is 2.52. The van der Waals surface area contributed by atoms with Crippen LogP contribution in [0.5, 0.6) is 0 Å². The maximum absolute atomic E-state index is 12.7. The molecular formula is C22H29NO5. The minimum atomic E-state index is -1.12. The van der Waals surface area contributed by atoms with Gasteiger partial charge in [0.1, 0.15) is 17.0 Å². The number of esters is 2. The van der Waals surface area contributed by atoms with Gasteiger partial charge >= 0.3 is 11.9 Å². The number of rotatable bonds is 5. The molecule has 6 nitrogen and oxygen atoms in total. The summed E-state index contributed by atoms with van der Waals surface area (Å²) in [4.78, 5) is 29.9. The molecule has 0 unspecified atom stereocenters. The van der Waals surface area contributed by atoms with Crippen molar-refractivity contribution in [2.45, 2.75) is 66.1 Å². The average molecular weight is 387 g/mol. The van der Waals surface area contributed by atoms with E-state index in [1.807, 2.05) is 30.3 Å². The Bertz CT molecular complexity index is 797. The molecule has 0 aliphatic rings. The van der Waals surface area contributed by atoms with Crippen molar-refractivity contribution in [3.8, 4) is 11.5 Å². The number of oxazole rings is 1. The molecule has 2 aromatic rings. The summed E-state index contributed by atoms with van der Waals surface area (Å²) in [6.45, 7) is 12.3. The third-order valence-corrected chi connectivity index (χ3v) is 3.69. The Hall–Kier alpha value is -2.63. The van der Waals surface area contributed by atoms with Gasteiger partial charge in [-0.25, -0.2) is 4.98 Å². The lowest BCUT2D eigenvalue weighted by Crippen LogP contribution is -2.38. The third kappa shape index (κ3) is 6.22. The van der Waals surface area contributed by atoms with E-state index in [0.717, 1.165) is 5.56 Å². The fourth-order valence-corrected chi connectivity index (χ4v) is 2.52. The first-order valence-corrected chi connectivity index (χ1v) is 9.33. The van der Waals surface area contributed by atoms with Gasteiger partial charge < -0.3 is 13.9 Å². The van der Waals surface area contributed by atoms with Crippen LogP contribution in [0, 0.1) is 12.8 Å². The van der Waals surface area contributed by atoms with Gasteiger partial charge in [-0.3, -0.25) is 9.59 Å². The first kappa shape index (κ1) is 21.7. The van der Waals surface area contributed by atoms with Gasteiger partial charge in [-0.15, -0.1) is 0 Å². The van der Waals surface area contributed by atoms with Crippen molar-refractivity contribution < 1.29 is 23.5 Å². The Morgan fingerprint density at radius 2 is 1.46 bits per heavy atom. The topological polar surface area (TPSA) is 78.6 Å². The van der Waals surface area contributed by atoms with Crippen molar-refractivity contribution in [3.05, 3.63) is 41.8 Å². The van der Waals surface area contributed by atoms with Crippen molar-refractivity contribution in [1.82, 2.24) is 4.98 Å². The molecule has 0 aliphatic heterocycles. The number of hydrogen-bond donors (Lipinski definition) is 0. The highest BCUT2D eigenvalue weighted by molar-refractivity contribution is 5.95. The van der Waals surface area contributed by atoms with Crippen LogP contribution in [0.4, 0.5) is 0 Å². The summed E-state index contributed by atoms with van der Waals surface area (Å²) >= 11 is 0. The van der Waals surface area contributed by atoms with E-state index < -0.39 is 29.1 Å². The van der Waals surface area contributed by atoms with Crippen LogP contribution in [0.2, 0.25) is 0 Å². The van der Waals surface area contributed by atoms with Crippen molar-refractivity contribution in [3.63, 3.8) is 0 Å². The minimum absolute atomic E-state index is 0.0476. The van der Waals surface area contributed by atoms with Gasteiger partial charge in [0.15, 0.2) is 5.92 Å². The standard InChI is InChI=1S/C22H29NO5/c1-14-17(23-18(26-14)15-11-9-8-10-12-15)13-16(19(24)27-21(2,3)4)20(25)28-22(5,6)7/h8-12,16H,13H2,1-7H3. The first-order chi connectivity index (χ1) is 12.9. The zero-order chi connectivity index (χ0) is 21.1. The lowest BCUT2D eigenvalue weighted by atomic mass is 10.0. The number of ether oxygens (including phenoxy) is 2. The van der Waals surface area contributed by atoms with E-state index in [1.54, 1.807) is 48.5 Å². The summed E-state index contributed by atoms with van der Waals surface area (Å²) < 4.78 is 16.6. The summed E-state index contributed by atoms with van der Waals surface area (Å²) in [5, 5.41) is 0. The number of aromatic nitrogens is 1. The Morgan fingerprint density at radius 3 is 1.93 bits per heavy atom. The molecule has 1 aromatic heterocycles. The molecule has 0 saturated heterocycles. The van der Waals surface area contributed by atoms with Crippen LogP contribution in [-0.2, 0) is 25.5 Å². The number of benzene rings is 1. The number of hydrogen-bond acceptors (Lipinski definition) is 6. The summed E-state index contributed by atoms with van der Waals surface area (Å²) in [5.74, 6) is -1.39. The smallest absolute Gasteiger partial charge is 0.321 e. The SMILES string of the molecule is Cc1oc(-c2ccccc2)nc1CC(C(=O)OC(C)(C)C)C(=O)OC(C)(C)C. The Balaban J connectivity index is 2.30. The van der Waals surface area contributed by atoms with Gasteiger partial charge in [0, 0.05) is 12.0 Å². The molecule has 0 aliphatic carbocycles. The highest BCUT2D eigenvalue weighted by atomic mass is 16.6. The summed E-state index contributed by atoms with van der Waals surface area (Å²) in [5.41, 5.74) is -0.0832. The summed E-state index contributed by atoms with van der Waals surface area (Å²) in [6.07, 6.45) is 0.0476.